The summed E-state index contributed by atoms with van der Waals surface area (Å²) in [4.78, 5) is 66.6. The summed E-state index contributed by atoms with van der Waals surface area (Å²) in [6.07, 6.45) is -1.75. The number of nitrogens with one attached hydrogen (secondary N) is 1. The van der Waals surface area contributed by atoms with Gasteiger partial charge in [-0.3, -0.25) is 19.3 Å². The lowest BCUT2D eigenvalue weighted by atomic mass is 9.65. The Balaban J connectivity index is 1.31. The minimum atomic E-state index is -2.05. The Labute approximate surface area is 376 Å². The number of hydrogen-bond acceptors (Lipinski definition) is 12. The molecule has 0 bridgehead atoms. The third-order valence-corrected chi connectivity index (χ3v) is 12.6. The number of phenolic OH excluding ortho intramolecular Hbond substituents is 1. The van der Waals surface area contributed by atoms with E-state index >= 15 is 14.4 Å². The van der Waals surface area contributed by atoms with E-state index in [0.29, 0.717) is 48.7 Å². The number of carbonyl (C=O) groups is 4. The number of amides is 3. The van der Waals surface area contributed by atoms with Crippen LogP contribution in [0.1, 0.15) is 52.4 Å². The van der Waals surface area contributed by atoms with Gasteiger partial charge in [-0.05, 0) is 76.9 Å². The first-order valence-electron chi connectivity index (χ1n) is 21.6. The van der Waals surface area contributed by atoms with Gasteiger partial charge in [-0.15, -0.1) is 0 Å². The van der Waals surface area contributed by atoms with Crippen molar-refractivity contribution in [3.63, 3.8) is 0 Å². The average Bonchev–Trinajstić information content (AvgIpc) is 3.79. The molecule has 3 saturated heterocycles. The third kappa shape index (κ3) is 7.87. The summed E-state index contributed by atoms with van der Waals surface area (Å²) in [6.45, 7) is 2.30. The van der Waals surface area contributed by atoms with Gasteiger partial charge in [-0.25, -0.2) is 9.69 Å². The number of aliphatic hydroxyl groups is 1. The van der Waals surface area contributed by atoms with Crippen molar-refractivity contribution in [2.75, 3.05) is 68.4 Å². The quantitative estimate of drug-likeness (QED) is 0.0846. The number of anilines is 3. The predicted octanol–water partition coefficient (Wildman–Crippen LogP) is 6.05. The lowest BCUT2D eigenvalue weighted by Crippen LogP contribution is -2.54. The fourth-order valence-electron chi connectivity index (χ4n) is 9.92. The summed E-state index contributed by atoms with van der Waals surface area (Å²) in [5, 5.41) is 23.4. The zero-order valence-corrected chi connectivity index (χ0v) is 35.7. The molecule has 5 aromatic rings. The minimum absolute atomic E-state index is 0.0464. The van der Waals surface area contributed by atoms with E-state index in [0.717, 1.165) is 16.2 Å². The Kier molecular flexibility index (Phi) is 12.4. The Morgan fingerprint density at radius 3 is 2.20 bits per heavy atom. The Bertz CT molecular complexity index is 2610. The van der Waals surface area contributed by atoms with E-state index in [4.69, 9.17) is 18.9 Å². The zero-order valence-electron chi connectivity index (χ0n) is 35.7. The summed E-state index contributed by atoms with van der Waals surface area (Å²) in [5.41, 5.74) is 2.04. The van der Waals surface area contributed by atoms with Crippen molar-refractivity contribution < 1.29 is 48.3 Å². The second-order valence-corrected chi connectivity index (χ2v) is 16.2. The lowest BCUT2D eigenvalue weighted by Gasteiger charge is -2.46. The molecule has 5 aromatic carbocycles. The van der Waals surface area contributed by atoms with Crippen molar-refractivity contribution in [2.24, 2.45) is 5.92 Å². The third-order valence-electron chi connectivity index (χ3n) is 12.6. The molecule has 4 heterocycles. The molecule has 4 aliphatic rings. The number of aromatic hydroxyl groups is 1. The number of morpholine rings is 2. The van der Waals surface area contributed by atoms with Crippen LogP contribution in [0.3, 0.4) is 0 Å². The van der Waals surface area contributed by atoms with Crippen LogP contribution < -0.4 is 15.1 Å². The topological polar surface area (TPSA) is 167 Å². The first-order chi connectivity index (χ1) is 31.8. The van der Waals surface area contributed by atoms with Gasteiger partial charge < -0.3 is 39.4 Å². The van der Waals surface area contributed by atoms with E-state index in [-0.39, 0.29) is 43.2 Å². The van der Waals surface area contributed by atoms with Crippen LogP contribution >= 0.6 is 0 Å². The second-order valence-electron chi connectivity index (χ2n) is 16.2. The zero-order chi connectivity index (χ0) is 45.1. The van der Waals surface area contributed by atoms with Gasteiger partial charge >= 0.3 is 12.1 Å². The first kappa shape index (κ1) is 43.2. The minimum Gasteiger partial charge on any atom is -0.508 e. The van der Waals surface area contributed by atoms with E-state index in [1.54, 1.807) is 42.5 Å². The van der Waals surface area contributed by atoms with Crippen LogP contribution in [0.15, 0.2) is 127 Å². The van der Waals surface area contributed by atoms with Crippen LogP contribution in [-0.2, 0) is 38.7 Å². The molecule has 1 spiro atoms. The Morgan fingerprint density at radius 1 is 0.831 bits per heavy atom. The number of imide groups is 1. The number of hydrogen-bond donors (Lipinski definition) is 3. The number of carbonyl (C=O) groups excluding carboxylic acids is 4. The number of methoxy groups -OCH3 is 1. The number of rotatable bonds is 10. The summed E-state index contributed by atoms with van der Waals surface area (Å²) in [6, 6.07) is 34.0. The molecule has 3 fully saturated rings. The summed E-state index contributed by atoms with van der Waals surface area (Å²) in [5.74, 6) is 2.19. The van der Waals surface area contributed by atoms with Crippen molar-refractivity contribution >= 4 is 40.9 Å². The summed E-state index contributed by atoms with van der Waals surface area (Å²) in [7, 11) is 1.46. The molecule has 14 heteroatoms. The number of ether oxygens (including phenoxy) is 4. The van der Waals surface area contributed by atoms with Crippen molar-refractivity contribution in [2.45, 2.75) is 36.1 Å². The predicted molar refractivity (Wildman–Crippen MR) is 240 cm³/mol. The van der Waals surface area contributed by atoms with Crippen molar-refractivity contribution in [3.8, 4) is 17.6 Å². The number of nitrogens with zero attached hydrogens (tertiary/aromatic N) is 3. The normalized spacial score (nSPS) is 23.6. The molecule has 65 heavy (non-hydrogen) atoms. The average molecular weight is 877 g/mol. The molecule has 3 amide bonds. The van der Waals surface area contributed by atoms with Crippen molar-refractivity contribution in [1.29, 1.82) is 0 Å². The molecule has 0 unspecified atom stereocenters. The van der Waals surface area contributed by atoms with Crippen LogP contribution in [-0.4, -0.2) is 98.3 Å². The SMILES string of the molecule is COCCOC(=O)N1C(=O)[C@@]2(c3cc(C#CCCO)ccc31)[C@H](C(=O)Nc1ccc(N3CCOCC3)cc1)[C@H]1C(=O)O[C@H](c3ccccc3)[C@H](c3ccccc3)N1[C@@H]2c1ccc(O)cc1. The van der Waals surface area contributed by atoms with E-state index in [2.05, 4.69) is 22.1 Å². The number of aliphatic hydroxyl groups excluding tert-OH is 1. The molecule has 6 atom stereocenters. The van der Waals surface area contributed by atoms with Gasteiger partial charge in [0.2, 0.25) is 11.8 Å². The number of fused-ring (bicyclic) bond motifs is 3. The van der Waals surface area contributed by atoms with Gasteiger partial charge in [0.25, 0.3) is 0 Å². The summed E-state index contributed by atoms with van der Waals surface area (Å²) >= 11 is 0. The molecule has 0 saturated carbocycles. The molecule has 3 N–H and O–H groups in total. The van der Waals surface area contributed by atoms with Gasteiger partial charge in [0.15, 0.2) is 0 Å². The van der Waals surface area contributed by atoms with Crippen LogP contribution in [0.5, 0.6) is 5.75 Å². The molecule has 0 radical (unpaired) electrons. The first-order valence-corrected chi connectivity index (χ1v) is 21.6. The summed E-state index contributed by atoms with van der Waals surface area (Å²) < 4.78 is 22.9. The molecule has 332 valence electrons. The van der Waals surface area contributed by atoms with E-state index < -0.39 is 59.4 Å². The molecule has 14 nitrogen and oxygen atoms in total. The highest BCUT2D eigenvalue weighted by atomic mass is 16.6. The smallest absolute Gasteiger partial charge is 0.421 e. The van der Waals surface area contributed by atoms with Crippen molar-refractivity contribution in [3.05, 3.63) is 155 Å². The van der Waals surface area contributed by atoms with E-state index in [1.165, 1.54) is 19.2 Å². The lowest BCUT2D eigenvalue weighted by molar-refractivity contribution is -0.177. The van der Waals surface area contributed by atoms with E-state index in [1.807, 2.05) is 77.7 Å². The molecule has 0 aliphatic carbocycles. The van der Waals surface area contributed by atoms with Crippen LogP contribution in [0, 0.1) is 17.8 Å². The number of esters is 1. The maximum absolute atomic E-state index is 16.2. The number of cyclic esters (lactones) is 1. The highest BCUT2D eigenvalue weighted by Gasteiger charge is 2.75. The molecular formula is C51H48N4O10. The van der Waals surface area contributed by atoms with Gasteiger partial charge in [-0.1, -0.05) is 84.6 Å². The van der Waals surface area contributed by atoms with Crippen LogP contribution in [0.4, 0.5) is 21.9 Å². The van der Waals surface area contributed by atoms with Gasteiger partial charge in [0.1, 0.15) is 29.9 Å². The van der Waals surface area contributed by atoms with E-state index in [9.17, 15) is 15.0 Å². The maximum atomic E-state index is 16.2. The fraction of sp³-hybridized carbons (Fsp3) is 0.294. The number of benzene rings is 5. The van der Waals surface area contributed by atoms with Gasteiger partial charge in [0, 0.05) is 43.6 Å². The largest absolute Gasteiger partial charge is 0.508 e. The number of phenols is 1. The molecule has 4 aliphatic heterocycles. The van der Waals surface area contributed by atoms with Crippen molar-refractivity contribution in [1.82, 2.24) is 4.90 Å². The van der Waals surface area contributed by atoms with Crippen LogP contribution in [0.25, 0.3) is 0 Å². The Morgan fingerprint density at radius 2 is 1.52 bits per heavy atom. The molecular weight excluding hydrogens is 829 g/mol. The highest BCUT2D eigenvalue weighted by molar-refractivity contribution is 6.24. The standard InChI is InChI=1S/C51H48N4O10/c1-62-30-31-64-50(61)54-41-24-15-33(10-8-9-27-56)32-40(41)51(49(54)60)42(47(58)52-37-18-20-38(21-19-37)53-25-28-63-29-26-53)44-48(59)65-45(35-13-6-3-7-14-35)43(34-11-4-2-5-12-34)55(44)46(51)36-16-22-39(57)23-17-36/h2-7,11-24,32,42-46,56-57H,9,25-31H2,1H3,(H,52,58)/t42-,43-,44-,45+,46+,51-/m0/s1. The highest BCUT2D eigenvalue weighted by Crippen LogP contribution is 2.66. The maximum Gasteiger partial charge on any atom is 0.421 e. The molecule has 0 aromatic heterocycles. The van der Waals surface area contributed by atoms with Gasteiger partial charge in [0.05, 0.1) is 50.1 Å². The molecule has 9 rings (SSSR count). The fourth-order valence-corrected chi connectivity index (χ4v) is 9.92. The van der Waals surface area contributed by atoms with Crippen LogP contribution in [0.2, 0.25) is 0 Å². The Hall–Kier alpha value is -7.02. The monoisotopic (exact) mass is 876 g/mol. The van der Waals surface area contributed by atoms with Gasteiger partial charge in [-0.2, -0.15) is 0 Å². The second kappa shape index (κ2) is 18.6.